The highest BCUT2D eigenvalue weighted by Gasteiger charge is 2.43. The van der Waals surface area contributed by atoms with Crippen molar-refractivity contribution in [2.24, 2.45) is 5.73 Å². The maximum absolute atomic E-state index is 13.2. The van der Waals surface area contributed by atoms with Crippen molar-refractivity contribution in [3.05, 3.63) is 76.9 Å². The third-order valence-electron chi connectivity index (χ3n) is 7.11. The van der Waals surface area contributed by atoms with Crippen LogP contribution in [0.2, 0.25) is 0 Å². The third kappa shape index (κ3) is 10.5. The van der Waals surface area contributed by atoms with Crippen molar-refractivity contribution in [1.82, 2.24) is 4.90 Å². The molecule has 5 N–H and O–H groups in total. The monoisotopic (exact) mass is 737 g/mol. The van der Waals surface area contributed by atoms with Gasteiger partial charge in [0.1, 0.15) is 0 Å². The first-order valence-electron chi connectivity index (χ1n) is 15.5. The Bertz CT molecular complexity index is 1790. The van der Waals surface area contributed by atoms with E-state index in [9.17, 15) is 46.6 Å². The molecule has 1 aliphatic heterocycles. The molecule has 0 radical (unpaired) electrons. The Morgan fingerprint density at radius 2 is 1.29 bits per heavy atom. The van der Waals surface area contributed by atoms with Crippen molar-refractivity contribution in [3.8, 4) is 23.0 Å². The number of nitrogens with one attached hydrogen (secondary N) is 1. The van der Waals surface area contributed by atoms with Gasteiger partial charge in [0.2, 0.25) is 5.91 Å². The molecule has 0 bridgehead atoms. The molecule has 1 aliphatic rings. The van der Waals surface area contributed by atoms with Crippen molar-refractivity contribution < 1.29 is 70.7 Å². The lowest BCUT2D eigenvalue weighted by atomic mass is 10.0. The number of carbonyl (C=O) groups excluding carboxylic acids is 3. The van der Waals surface area contributed by atoms with Crippen molar-refractivity contribution in [2.75, 3.05) is 18.5 Å². The second-order valence-electron chi connectivity index (χ2n) is 10.7. The van der Waals surface area contributed by atoms with Crippen LogP contribution in [-0.2, 0) is 14.4 Å². The van der Waals surface area contributed by atoms with Gasteiger partial charge in [0.05, 0.1) is 48.9 Å². The molecular formula is C34H35F4N3O11. The van der Waals surface area contributed by atoms with Crippen LogP contribution in [0.1, 0.15) is 77.5 Å². The molecule has 280 valence electrons. The summed E-state index contributed by atoms with van der Waals surface area (Å²) >= 11 is 0. The number of carboxylic acid groups (broad SMARTS) is 2. The van der Waals surface area contributed by atoms with Crippen molar-refractivity contribution >= 4 is 35.3 Å². The summed E-state index contributed by atoms with van der Waals surface area (Å²) in [5.41, 5.74) is 6.39. The van der Waals surface area contributed by atoms with Crippen LogP contribution >= 0.6 is 0 Å². The zero-order valence-corrected chi connectivity index (χ0v) is 27.9. The Morgan fingerprint density at radius 1 is 0.769 bits per heavy atom. The lowest BCUT2D eigenvalue weighted by molar-refractivity contribution is -0.138. The highest BCUT2D eigenvalue weighted by molar-refractivity contribution is 6.24. The van der Waals surface area contributed by atoms with E-state index in [-0.39, 0.29) is 65.0 Å². The van der Waals surface area contributed by atoms with E-state index in [1.54, 1.807) is 13.8 Å². The number of halogens is 4. The lowest BCUT2D eigenvalue weighted by Crippen LogP contribution is -2.35. The standard InChI is InChI=1S/C22H20F2N2O7.C12H15F2NO4/c1-3-32-17-9-12(7-8-16(17)33-22(23)24)15(10-18(28)29)26-20(30)13-5-4-6-14(25-11(2)27)19(13)21(26)31;1-2-18-10-5-7(8(15)6-11(16)17)3-4-9(10)19-12(13)14/h4-9,15,22H,3,10H2,1-2H3,(H,25,27)(H,28,29);3-5,8,12H,2,6,15H2,1H3,(H,16,17). The number of hydrogen-bond acceptors (Lipinski definition) is 10. The average molecular weight is 738 g/mol. The highest BCUT2D eigenvalue weighted by atomic mass is 19.3. The second kappa shape index (κ2) is 18.4. The Hall–Kier alpha value is -5.91. The number of nitrogens with zero attached hydrogens (tertiary/aromatic N) is 1. The summed E-state index contributed by atoms with van der Waals surface area (Å²) in [4.78, 5) is 60.8. The number of amides is 3. The maximum atomic E-state index is 13.2. The van der Waals surface area contributed by atoms with Gasteiger partial charge in [-0.1, -0.05) is 18.2 Å². The smallest absolute Gasteiger partial charge is 0.387 e. The zero-order chi connectivity index (χ0) is 38.7. The molecule has 3 amide bonds. The maximum Gasteiger partial charge on any atom is 0.387 e. The summed E-state index contributed by atoms with van der Waals surface area (Å²) in [6.07, 6.45) is -0.915. The van der Waals surface area contributed by atoms with E-state index >= 15 is 0 Å². The van der Waals surface area contributed by atoms with Gasteiger partial charge in [0.15, 0.2) is 23.0 Å². The number of anilines is 1. The van der Waals surface area contributed by atoms with Gasteiger partial charge >= 0.3 is 25.2 Å². The number of hydrogen-bond donors (Lipinski definition) is 4. The molecule has 2 atom stereocenters. The summed E-state index contributed by atoms with van der Waals surface area (Å²) in [7, 11) is 0. The normalized spacial score (nSPS) is 13.2. The first-order valence-corrected chi connectivity index (χ1v) is 15.5. The van der Waals surface area contributed by atoms with Crippen LogP contribution in [0.3, 0.4) is 0 Å². The number of nitrogens with two attached hydrogens (primary N) is 1. The molecule has 3 aromatic carbocycles. The van der Waals surface area contributed by atoms with E-state index in [0.29, 0.717) is 5.56 Å². The van der Waals surface area contributed by atoms with E-state index in [1.807, 2.05) is 0 Å². The lowest BCUT2D eigenvalue weighted by Gasteiger charge is -2.26. The minimum atomic E-state index is -3.12. The molecule has 18 heteroatoms. The number of rotatable bonds is 16. The average Bonchev–Trinajstić information content (AvgIpc) is 3.30. The molecule has 3 aromatic rings. The van der Waals surface area contributed by atoms with Crippen molar-refractivity contribution in [2.45, 2.75) is 58.9 Å². The first-order chi connectivity index (χ1) is 24.6. The van der Waals surface area contributed by atoms with Gasteiger partial charge in [-0.05, 0) is 61.4 Å². The van der Waals surface area contributed by atoms with E-state index in [0.717, 1.165) is 11.0 Å². The number of imide groups is 1. The predicted molar refractivity (Wildman–Crippen MR) is 174 cm³/mol. The van der Waals surface area contributed by atoms with Gasteiger partial charge in [-0.3, -0.25) is 28.9 Å². The first kappa shape index (κ1) is 40.5. The van der Waals surface area contributed by atoms with Crippen LogP contribution < -0.4 is 30.0 Å². The van der Waals surface area contributed by atoms with Crippen molar-refractivity contribution in [3.63, 3.8) is 0 Å². The Kier molecular flexibility index (Phi) is 14.3. The quantitative estimate of drug-likeness (QED) is 0.105. The second-order valence-corrected chi connectivity index (χ2v) is 10.7. The Labute approximate surface area is 294 Å². The van der Waals surface area contributed by atoms with E-state index in [2.05, 4.69) is 14.8 Å². The number of ether oxygens (including phenoxy) is 4. The van der Waals surface area contributed by atoms with Crippen molar-refractivity contribution in [1.29, 1.82) is 0 Å². The van der Waals surface area contributed by atoms with Gasteiger partial charge in [-0.25, -0.2) is 0 Å². The van der Waals surface area contributed by atoms with Gasteiger partial charge in [0.25, 0.3) is 11.8 Å². The van der Waals surface area contributed by atoms with Gasteiger partial charge in [0, 0.05) is 13.0 Å². The minimum absolute atomic E-state index is 0.00400. The van der Waals surface area contributed by atoms with Crippen LogP contribution in [0.5, 0.6) is 23.0 Å². The van der Waals surface area contributed by atoms with E-state index in [1.165, 1.54) is 55.5 Å². The fourth-order valence-electron chi connectivity index (χ4n) is 5.12. The van der Waals surface area contributed by atoms with Gasteiger partial charge in [-0.2, -0.15) is 17.6 Å². The summed E-state index contributed by atoms with van der Waals surface area (Å²) in [6.45, 7) is -1.18. The molecule has 0 saturated heterocycles. The van der Waals surface area contributed by atoms with Crippen LogP contribution in [0.25, 0.3) is 0 Å². The predicted octanol–water partition coefficient (Wildman–Crippen LogP) is 5.62. The molecular weight excluding hydrogens is 702 g/mol. The molecule has 0 spiro atoms. The summed E-state index contributed by atoms with van der Waals surface area (Å²) in [6, 6.07) is 10.1. The number of benzene rings is 3. The Morgan fingerprint density at radius 3 is 1.77 bits per heavy atom. The summed E-state index contributed by atoms with van der Waals surface area (Å²) in [5.74, 6) is -4.72. The molecule has 4 rings (SSSR count). The molecule has 0 fully saturated rings. The molecule has 14 nitrogen and oxygen atoms in total. The van der Waals surface area contributed by atoms with Crippen LogP contribution in [0.4, 0.5) is 23.2 Å². The minimum Gasteiger partial charge on any atom is -0.490 e. The SMILES string of the molecule is CCOc1cc(C(CC(=O)O)N2C(=O)c3cccc(NC(C)=O)c3C2=O)ccc1OC(F)F.CCOc1cc(C(N)CC(=O)O)ccc1OC(F)F. The highest BCUT2D eigenvalue weighted by Crippen LogP contribution is 2.40. The van der Waals surface area contributed by atoms with Crippen LogP contribution in [0, 0.1) is 0 Å². The molecule has 0 saturated carbocycles. The number of fused-ring (bicyclic) bond motifs is 1. The Balaban J connectivity index is 0.000000326. The van der Waals surface area contributed by atoms with Gasteiger partial charge < -0.3 is 40.2 Å². The number of carbonyl (C=O) groups is 5. The van der Waals surface area contributed by atoms with E-state index < -0.39 is 61.4 Å². The summed E-state index contributed by atoms with van der Waals surface area (Å²) in [5, 5.41) is 20.6. The van der Waals surface area contributed by atoms with Crippen LogP contribution in [0.15, 0.2) is 54.6 Å². The topological polar surface area (TPSA) is 204 Å². The van der Waals surface area contributed by atoms with Gasteiger partial charge in [-0.15, -0.1) is 0 Å². The summed E-state index contributed by atoms with van der Waals surface area (Å²) < 4.78 is 69.0. The number of alkyl halides is 4. The fourth-order valence-corrected chi connectivity index (χ4v) is 5.12. The molecule has 2 unspecified atom stereocenters. The largest absolute Gasteiger partial charge is 0.490 e. The fraction of sp³-hybridized carbons (Fsp3) is 0.324. The molecule has 0 aliphatic carbocycles. The van der Waals surface area contributed by atoms with E-state index in [4.69, 9.17) is 20.3 Å². The molecule has 52 heavy (non-hydrogen) atoms. The van der Waals surface area contributed by atoms with Crippen LogP contribution in [-0.4, -0.2) is 71.2 Å². The number of aliphatic carboxylic acids is 2. The number of carboxylic acids is 2. The zero-order valence-electron chi connectivity index (χ0n) is 27.9. The molecule has 0 aromatic heterocycles. The third-order valence-corrected chi connectivity index (χ3v) is 7.11. The molecule has 1 heterocycles.